The summed E-state index contributed by atoms with van der Waals surface area (Å²) >= 11 is 1.27. The number of nitrogens with zero attached hydrogens (tertiary/aromatic N) is 2. The van der Waals surface area contributed by atoms with Crippen molar-refractivity contribution in [2.24, 2.45) is 17.8 Å². The molecule has 0 spiro atoms. The van der Waals surface area contributed by atoms with E-state index in [1.807, 2.05) is 20.8 Å². The van der Waals surface area contributed by atoms with Crippen molar-refractivity contribution in [3.8, 4) is 0 Å². The smallest absolute Gasteiger partial charge is 0.410 e. The zero-order valence-corrected chi connectivity index (χ0v) is 13.1. The van der Waals surface area contributed by atoms with Crippen LogP contribution in [0.1, 0.15) is 20.8 Å². The second-order valence-electron chi connectivity index (χ2n) is 6.60. The third-order valence-corrected chi connectivity index (χ3v) is 4.49. The number of piperidine rings is 1. The Morgan fingerprint density at radius 2 is 2.05 bits per heavy atom. The predicted octanol–water partition coefficient (Wildman–Crippen LogP) is 2.19. The molecule has 2 aliphatic rings. The SMILES string of the molecule is CC(C)(C)OC(=O)N1CC2C(C1)C2C(=O)Nc1ccns1. The van der Waals surface area contributed by atoms with E-state index in [2.05, 4.69) is 9.69 Å². The van der Waals surface area contributed by atoms with Gasteiger partial charge in [-0.05, 0) is 50.2 Å². The van der Waals surface area contributed by atoms with Crippen LogP contribution in [0.25, 0.3) is 0 Å². The molecule has 2 amide bonds. The molecule has 3 rings (SSSR count). The van der Waals surface area contributed by atoms with E-state index in [0.29, 0.717) is 13.1 Å². The number of ether oxygens (including phenoxy) is 1. The summed E-state index contributed by atoms with van der Waals surface area (Å²) in [5.74, 6) is 0.597. The molecule has 1 saturated heterocycles. The first-order valence-corrected chi connectivity index (χ1v) is 7.82. The standard InChI is InChI=1S/C14H19N3O3S/c1-14(2,3)20-13(19)17-6-8-9(7-17)11(8)12(18)16-10-4-5-15-21-10/h4-5,8-9,11H,6-7H2,1-3H3,(H,16,18). The van der Waals surface area contributed by atoms with Crippen molar-refractivity contribution >= 4 is 28.5 Å². The molecule has 0 radical (unpaired) electrons. The molecule has 6 nitrogen and oxygen atoms in total. The number of hydrogen-bond acceptors (Lipinski definition) is 5. The van der Waals surface area contributed by atoms with Gasteiger partial charge in [-0.15, -0.1) is 0 Å². The lowest BCUT2D eigenvalue weighted by molar-refractivity contribution is -0.118. The normalized spacial score (nSPS) is 27.2. The molecule has 2 atom stereocenters. The Morgan fingerprint density at radius 1 is 1.38 bits per heavy atom. The van der Waals surface area contributed by atoms with Crippen molar-refractivity contribution in [2.75, 3.05) is 18.4 Å². The van der Waals surface area contributed by atoms with Gasteiger partial charge in [0.1, 0.15) is 10.6 Å². The highest BCUT2D eigenvalue weighted by Crippen LogP contribution is 2.52. The van der Waals surface area contributed by atoms with Gasteiger partial charge in [0.2, 0.25) is 5.91 Å². The zero-order valence-electron chi connectivity index (χ0n) is 12.3. The number of carbonyl (C=O) groups excluding carboxylic acids is 2. The molecular formula is C14H19N3O3S. The molecule has 7 heteroatoms. The van der Waals surface area contributed by atoms with Gasteiger partial charge in [0, 0.05) is 25.2 Å². The quantitative estimate of drug-likeness (QED) is 0.909. The minimum Gasteiger partial charge on any atom is -0.444 e. The van der Waals surface area contributed by atoms with Gasteiger partial charge in [0.15, 0.2) is 0 Å². The molecule has 2 fully saturated rings. The molecule has 2 unspecified atom stereocenters. The molecule has 0 bridgehead atoms. The van der Waals surface area contributed by atoms with Gasteiger partial charge in [-0.3, -0.25) is 4.79 Å². The lowest BCUT2D eigenvalue weighted by atomic mass is 10.2. The largest absolute Gasteiger partial charge is 0.444 e. The molecule has 21 heavy (non-hydrogen) atoms. The number of hydrogen-bond donors (Lipinski definition) is 1. The number of likely N-dealkylation sites (tertiary alicyclic amines) is 1. The Kier molecular flexibility index (Phi) is 3.39. The summed E-state index contributed by atoms with van der Waals surface area (Å²) in [6.45, 7) is 6.79. The Hall–Kier alpha value is -1.63. The second kappa shape index (κ2) is 4.98. The van der Waals surface area contributed by atoms with Gasteiger partial charge in [0.25, 0.3) is 0 Å². The summed E-state index contributed by atoms with van der Waals surface area (Å²) in [5, 5.41) is 3.65. The molecule has 114 valence electrons. The second-order valence-corrected chi connectivity index (χ2v) is 7.44. The summed E-state index contributed by atoms with van der Waals surface area (Å²) in [6.07, 6.45) is 1.38. The molecule has 0 aromatic carbocycles. The van der Waals surface area contributed by atoms with Crippen LogP contribution in [0.5, 0.6) is 0 Å². The van der Waals surface area contributed by atoms with Crippen molar-refractivity contribution in [3.63, 3.8) is 0 Å². The van der Waals surface area contributed by atoms with E-state index in [1.54, 1.807) is 17.2 Å². The minimum absolute atomic E-state index is 0.0192. The van der Waals surface area contributed by atoms with Crippen LogP contribution in [0, 0.1) is 17.8 Å². The first-order valence-electron chi connectivity index (χ1n) is 7.04. The van der Waals surface area contributed by atoms with Gasteiger partial charge in [-0.25, -0.2) is 4.79 Å². The zero-order chi connectivity index (χ0) is 15.2. The number of amides is 2. The summed E-state index contributed by atoms with van der Waals surface area (Å²) in [5.41, 5.74) is -0.479. The summed E-state index contributed by atoms with van der Waals surface area (Å²) in [6, 6.07) is 1.79. The number of rotatable bonds is 2. The van der Waals surface area contributed by atoms with Crippen LogP contribution in [-0.4, -0.2) is 40.0 Å². The van der Waals surface area contributed by atoms with Crippen LogP contribution in [0.4, 0.5) is 9.80 Å². The monoisotopic (exact) mass is 309 g/mol. The fraction of sp³-hybridized carbons (Fsp3) is 0.643. The fourth-order valence-electron chi connectivity index (χ4n) is 2.88. The Bertz CT molecular complexity index is 540. The number of nitrogens with one attached hydrogen (secondary N) is 1. The van der Waals surface area contributed by atoms with Crippen molar-refractivity contribution in [1.29, 1.82) is 0 Å². The molecule has 1 N–H and O–H groups in total. The van der Waals surface area contributed by atoms with E-state index >= 15 is 0 Å². The van der Waals surface area contributed by atoms with Gasteiger partial charge in [0.05, 0.1) is 0 Å². The van der Waals surface area contributed by atoms with Crippen molar-refractivity contribution in [1.82, 2.24) is 9.27 Å². The maximum absolute atomic E-state index is 12.1. The van der Waals surface area contributed by atoms with E-state index in [4.69, 9.17) is 4.74 Å². The van der Waals surface area contributed by atoms with E-state index in [-0.39, 0.29) is 29.8 Å². The van der Waals surface area contributed by atoms with Crippen molar-refractivity contribution in [2.45, 2.75) is 26.4 Å². The maximum Gasteiger partial charge on any atom is 0.410 e. The first-order chi connectivity index (χ1) is 9.85. The average molecular weight is 309 g/mol. The first kappa shape index (κ1) is 14.3. The molecule has 2 heterocycles. The summed E-state index contributed by atoms with van der Waals surface area (Å²) in [7, 11) is 0. The van der Waals surface area contributed by atoms with E-state index in [9.17, 15) is 9.59 Å². The molecule has 1 saturated carbocycles. The lowest BCUT2D eigenvalue weighted by Gasteiger charge is -2.25. The lowest BCUT2D eigenvalue weighted by Crippen LogP contribution is -2.37. The van der Waals surface area contributed by atoms with Gasteiger partial charge < -0.3 is 15.0 Å². The Balaban J connectivity index is 1.50. The minimum atomic E-state index is -0.479. The van der Waals surface area contributed by atoms with Crippen molar-refractivity contribution in [3.05, 3.63) is 12.3 Å². The molecular weight excluding hydrogens is 290 g/mol. The highest BCUT2D eigenvalue weighted by molar-refractivity contribution is 7.10. The van der Waals surface area contributed by atoms with Crippen LogP contribution >= 0.6 is 11.5 Å². The molecule has 1 aromatic heterocycles. The fourth-order valence-corrected chi connectivity index (χ4v) is 3.38. The van der Waals surface area contributed by atoms with Gasteiger partial charge >= 0.3 is 6.09 Å². The average Bonchev–Trinajstić information content (AvgIpc) is 2.80. The number of aromatic nitrogens is 1. The predicted molar refractivity (Wildman–Crippen MR) is 79.0 cm³/mol. The third kappa shape index (κ3) is 3.02. The summed E-state index contributed by atoms with van der Waals surface area (Å²) in [4.78, 5) is 25.8. The van der Waals surface area contributed by atoms with Gasteiger partial charge in [-0.1, -0.05) is 0 Å². The highest BCUT2D eigenvalue weighted by Gasteiger charge is 2.60. The third-order valence-electron chi connectivity index (χ3n) is 3.83. The number of anilines is 1. The van der Waals surface area contributed by atoms with Crippen LogP contribution < -0.4 is 5.32 Å². The van der Waals surface area contributed by atoms with E-state index < -0.39 is 5.60 Å². The van der Waals surface area contributed by atoms with Crippen LogP contribution in [0.15, 0.2) is 12.3 Å². The molecule has 1 aliphatic carbocycles. The van der Waals surface area contributed by atoms with E-state index in [1.165, 1.54) is 11.5 Å². The Morgan fingerprint density at radius 3 is 2.57 bits per heavy atom. The van der Waals surface area contributed by atoms with Crippen LogP contribution in [0.2, 0.25) is 0 Å². The number of fused-ring (bicyclic) bond motifs is 1. The highest BCUT2D eigenvalue weighted by atomic mass is 32.1. The summed E-state index contributed by atoms with van der Waals surface area (Å²) < 4.78 is 9.31. The maximum atomic E-state index is 12.1. The topological polar surface area (TPSA) is 71.5 Å². The van der Waals surface area contributed by atoms with Crippen molar-refractivity contribution < 1.29 is 14.3 Å². The number of carbonyl (C=O) groups is 2. The Labute approximate surface area is 127 Å². The van der Waals surface area contributed by atoms with Crippen LogP contribution in [0.3, 0.4) is 0 Å². The molecule has 1 aliphatic heterocycles. The molecule has 1 aromatic rings. The van der Waals surface area contributed by atoms with Crippen LogP contribution in [-0.2, 0) is 9.53 Å². The van der Waals surface area contributed by atoms with Gasteiger partial charge in [-0.2, -0.15) is 4.37 Å². The van der Waals surface area contributed by atoms with E-state index in [0.717, 1.165) is 5.00 Å².